The molecule has 116 valence electrons. The first-order chi connectivity index (χ1) is 10.5. The second-order valence-corrected chi connectivity index (χ2v) is 5.30. The Labute approximate surface area is 130 Å². The molecule has 4 heteroatoms. The average Bonchev–Trinajstić information content (AvgIpc) is 2.46. The minimum absolute atomic E-state index is 0.301. The third-order valence-corrected chi connectivity index (χ3v) is 3.32. The number of ether oxygens (including phenoxy) is 2. The number of para-hydroxylation sites is 2. The number of methoxy groups -OCH3 is 1. The number of carboxylic acids is 1. The number of rotatable bonds is 6. The lowest BCUT2D eigenvalue weighted by molar-refractivity contribution is -0.145. The second kappa shape index (κ2) is 6.98. The summed E-state index contributed by atoms with van der Waals surface area (Å²) in [6.07, 6.45) is -0.659. The molecular weight excluding hydrogens is 280 g/mol. The van der Waals surface area contributed by atoms with E-state index in [1.165, 1.54) is 7.11 Å². The maximum absolute atomic E-state index is 11.5. The van der Waals surface area contributed by atoms with Gasteiger partial charge in [0.05, 0.1) is 7.11 Å². The van der Waals surface area contributed by atoms with Crippen molar-refractivity contribution in [3.8, 4) is 11.5 Å². The first-order valence-corrected chi connectivity index (χ1v) is 7.09. The number of hydrogen-bond acceptors (Lipinski definition) is 3. The molecule has 0 radical (unpaired) electrons. The molecule has 1 atom stereocenters. The summed E-state index contributed by atoms with van der Waals surface area (Å²) in [6.45, 7) is 3.99. The van der Waals surface area contributed by atoms with E-state index in [4.69, 9.17) is 9.47 Å². The molecule has 0 saturated carbocycles. The predicted molar refractivity (Wildman–Crippen MR) is 84.7 cm³/mol. The number of aliphatic carboxylic acids is 1. The zero-order chi connectivity index (χ0) is 16.1. The van der Waals surface area contributed by atoms with Crippen LogP contribution in [0.4, 0.5) is 0 Å². The Morgan fingerprint density at radius 1 is 1.09 bits per heavy atom. The standard InChI is InChI=1S/C18H20O4/c1-12-8-13(2)10-14(9-12)11-17(18(19)20)22-16-7-5-4-6-15(16)21-3/h4-10,17H,11H2,1-3H3,(H,19,20). The van der Waals surface area contributed by atoms with Crippen LogP contribution in [-0.2, 0) is 11.2 Å². The van der Waals surface area contributed by atoms with Gasteiger partial charge in [-0.15, -0.1) is 0 Å². The molecule has 1 N–H and O–H groups in total. The highest BCUT2D eigenvalue weighted by atomic mass is 16.5. The number of benzene rings is 2. The molecule has 0 aromatic heterocycles. The van der Waals surface area contributed by atoms with Gasteiger partial charge < -0.3 is 14.6 Å². The van der Waals surface area contributed by atoms with Gasteiger partial charge in [0, 0.05) is 6.42 Å². The third-order valence-electron chi connectivity index (χ3n) is 3.32. The summed E-state index contributed by atoms with van der Waals surface area (Å²) in [6, 6.07) is 13.1. The molecule has 2 aromatic rings. The van der Waals surface area contributed by atoms with Crippen molar-refractivity contribution in [1.29, 1.82) is 0 Å². The molecule has 0 heterocycles. The highest BCUT2D eigenvalue weighted by Gasteiger charge is 2.21. The van der Waals surface area contributed by atoms with Crippen molar-refractivity contribution in [2.75, 3.05) is 7.11 Å². The quantitative estimate of drug-likeness (QED) is 0.888. The monoisotopic (exact) mass is 300 g/mol. The number of carboxylic acid groups (broad SMARTS) is 1. The van der Waals surface area contributed by atoms with Crippen LogP contribution in [0, 0.1) is 13.8 Å². The molecule has 0 saturated heterocycles. The van der Waals surface area contributed by atoms with E-state index >= 15 is 0 Å². The molecule has 0 aliphatic rings. The van der Waals surface area contributed by atoms with E-state index in [0.717, 1.165) is 16.7 Å². The van der Waals surface area contributed by atoms with Crippen molar-refractivity contribution in [3.05, 3.63) is 59.2 Å². The summed E-state index contributed by atoms with van der Waals surface area (Å²) in [7, 11) is 1.53. The molecule has 0 spiro atoms. The van der Waals surface area contributed by atoms with Crippen LogP contribution in [0.25, 0.3) is 0 Å². The van der Waals surface area contributed by atoms with E-state index in [2.05, 4.69) is 6.07 Å². The van der Waals surface area contributed by atoms with E-state index in [1.54, 1.807) is 18.2 Å². The molecule has 4 nitrogen and oxygen atoms in total. The van der Waals surface area contributed by atoms with Gasteiger partial charge in [0.15, 0.2) is 17.6 Å². The number of carbonyl (C=O) groups is 1. The molecule has 22 heavy (non-hydrogen) atoms. The van der Waals surface area contributed by atoms with Gasteiger partial charge in [0.2, 0.25) is 0 Å². The Hall–Kier alpha value is -2.49. The normalized spacial score (nSPS) is 11.8. The van der Waals surface area contributed by atoms with Crippen LogP contribution in [0.15, 0.2) is 42.5 Å². The Kier molecular flexibility index (Phi) is 5.04. The van der Waals surface area contributed by atoms with Crippen molar-refractivity contribution in [2.24, 2.45) is 0 Å². The van der Waals surface area contributed by atoms with Crippen molar-refractivity contribution < 1.29 is 19.4 Å². The van der Waals surface area contributed by atoms with E-state index in [-0.39, 0.29) is 0 Å². The number of aryl methyl sites for hydroxylation is 2. The van der Waals surface area contributed by atoms with Crippen LogP contribution < -0.4 is 9.47 Å². The van der Waals surface area contributed by atoms with Crippen molar-refractivity contribution >= 4 is 5.97 Å². The fraction of sp³-hybridized carbons (Fsp3) is 0.278. The van der Waals surface area contributed by atoms with Crippen LogP contribution in [0.2, 0.25) is 0 Å². The lowest BCUT2D eigenvalue weighted by Gasteiger charge is -2.17. The van der Waals surface area contributed by atoms with Crippen molar-refractivity contribution in [1.82, 2.24) is 0 Å². The van der Waals surface area contributed by atoms with Gasteiger partial charge in [-0.1, -0.05) is 41.5 Å². The maximum atomic E-state index is 11.5. The summed E-state index contributed by atoms with van der Waals surface area (Å²) in [4.78, 5) is 11.5. The van der Waals surface area contributed by atoms with Gasteiger partial charge >= 0.3 is 5.97 Å². The van der Waals surface area contributed by atoms with Crippen LogP contribution >= 0.6 is 0 Å². The van der Waals surface area contributed by atoms with Gasteiger partial charge in [-0.3, -0.25) is 0 Å². The lowest BCUT2D eigenvalue weighted by atomic mass is 10.0. The molecule has 0 aliphatic heterocycles. The highest BCUT2D eigenvalue weighted by Crippen LogP contribution is 2.27. The first-order valence-electron chi connectivity index (χ1n) is 7.09. The Morgan fingerprint density at radius 2 is 1.68 bits per heavy atom. The average molecular weight is 300 g/mol. The van der Waals surface area contributed by atoms with Gasteiger partial charge in [-0.25, -0.2) is 4.79 Å². The summed E-state index contributed by atoms with van der Waals surface area (Å²) in [5.74, 6) is -0.0407. The van der Waals surface area contributed by atoms with Gasteiger partial charge in [0.25, 0.3) is 0 Å². The molecule has 0 bridgehead atoms. The summed E-state index contributed by atoms with van der Waals surface area (Å²) < 4.78 is 10.9. The van der Waals surface area contributed by atoms with Crippen LogP contribution in [0.5, 0.6) is 11.5 Å². The van der Waals surface area contributed by atoms with Crippen molar-refractivity contribution in [2.45, 2.75) is 26.4 Å². The Bertz CT molecular complexity index is 644. The maximum Gasteiger partial charge on any atom is 0.345 e. The van der Waals surface area contributed by atoms with Crippen LogP contribution in [0.3, 0.4) is 0 Å². The summed E-state index contributed by atoms with van der Waals surface area (Å²) in [5, 5.41) is 9.43. The predicted octanol–water partition coefficient (Wildman–Crippen LogP) is 3.39. The zero-order valence-corrected chi connectivity index (χ0v) is 13.0. The van der Waals surface area contributed by atoms with E-state index < -0.39 is 12.1 Å². The van der Waals surface area contributed by atoms with Gasteiger partial charge in [0.1, 0.15) is 0 Å². The van der Waals surface area contributed by atoms with E-state index in [0.29, 0.717) is 17.9 Å². The zero-order valence-electron chi connectivity index (χ0n) is 13.0. The van der Waals surface area contributed by atoms with E-state index in [1.807, 2.05) is 32.0 Å². The SMILES string of the molecule is COc1ccccc1OC(Cc1cc(C)cc(C)c1)C(=O)O. The smallest absolute Gasteiger partial charge is 0.345 e. The molecule has 2 aromatic carbocycles. The summed E-state index contributed by atoms with van der Waals surface area (Å²) >= 11 is 0. The lowest BCUT2D eigenvalue weighted by Crippen LogP contribution is -2.29. The second-order valence-electron chi connectivity index (χ2n) is 5.30. The van der Waals surface area contributed by atoms with Crippen LogP contribution in [-0.4, -0.2) is 24.3 Å². The molecule has 1 unspecified atom stereocenters. The number of hydrogen-bond donors (Lipinski definition) is 1. The molecule has 0 amide bonds. The molecule has 2 rings (SSSR count). The molecular formula is C18H20O4. The van der Waals surface area contributed by atoms with Crippen molar-refractivity contribution in [3.63, 3.8) is 0 Å². The molecule has 0 fully saturated rings. The fourth-order valence-corrected chi connectivity index (χ4v) is 2.45. The third kappa shape index (κ3) is 4.01. The minimum Gasteiger partial charge on any atom is -0.493 e. The Balaban J connectivity index is 2.21. The van der Waals surface area contributed by atoms with Gasteiger partial charge in [-0.05, 0) is 31.5 Å². The van der Waals surface area contributed by atoms with Crippen LogP contribution in [0.1, 0.15) is 16.7 Å². The fourth-order valence-electron chi connectivity index (χ4n) is 2.45. The summed E-state index contributed by atoms with van der Waals surface area (Å²) in [5.41, 5.74) is 3.16. The topological polar surface area (TPSA) is 55.8 Å². The Morgan fingerprint density at radius 3 is 2.23 bits per heavy atom. The largest absolute Gasteiger partial charge is 0.493 e. The van der Waals surface area contributed by atoms with Gasteiger partial charge in [-0.2, -0.15) is 0 Å². The van der Waals surface area contributed by atoms with E-state index in [9.17, 15) is 9.90 Å². The first kappa shape index (κ1) is 15.9. The minimum atomic E-state index is -0.995. The highest BCUT2D eigenvalue weighted by molar-refractivity contribution is 5.73. The molecule has 0 aliphatic carbocycles.